The third-order valence-electron chi connectivity index (χ3n) is 3.35. The van der Waals surface area contributed by atoms with E-state index in [1.807, 2.05) is 11.3 Å². The molecule has 2 rings (SSSR count). The molecule has 0 radical (unpaired) electrons. The smallest absolute Gasteiger partial charge is 0.0207 e. The fraction of sp³-hybridized carbons (Fsp3) is 0.375. The molecule has 0 saturated carbocycles. The lowest BCUT2D eigenvalue weighted by Crippen LogP contribution is -2.29. The highest BCUT2D eigenvalue weighted by atomic mass is 79.9. The normalized spacial score (nSPS) is 12.6. The van der Waals surface area contributed by atoms with Crippen molar-refractivity contribution in [3.8, 4) is 0 Å². The van der Waals surface area contributed by atoms with E-state index < -0.39 is 0 Å². The highest BCUT2D eigenvalue weighted by molar-refractivity contribution is 9.10. The predicted molar refractivity (Wildman–Crippen MR) is 88.1 cm³/mol. The standard InChI is InChI=1S/C16H20BrNS/c1-3-14-8-9-15(19-14)11-13(18-2)10-12-6-4-5-7-16(12)17/h4-9,13,18H,3,10-11H2,1-2H3. The number of benzene rings is 1. The Kier molecular flexibility index (Phi) is 5.61. The van der Waals surface area contributed by atoms with E-state index in [9.17, 15) is 0 Å². The van der Waals surface area contributed by atoms with Crippen LogP contribution in [0.2, 0.25) is 0 Å². The molecule has 0 saturated heterocycles. The van der Waals surface area contributed by atoms with E-state index >= 15 is 0 Å². The number of rotatable bonds is 6. The molecule has 0 amide bonds. The number of hydrogen-bond donors (Lipinski definition) is 1. The Morgan fingerprint density at radius 3 is 2.47 bits per heavy atom. The number of halogens is 1. The van der Waals surface area contributed by atoms with Crippen molar-refractivity contribution in [1.82, 2.24) is 5.32 Å². The van der Waals surface area contributed by atoms with Crippen LogP contribution in [-0.4, -0.2) is 13.1 Å². The van der Waals surface area contributed by atoms with E-state index in [0.29, 0.717) is 6.04 Å². The number of nitrogens with one attached hydrogen (secondary N) is 1. The molecule has 0 aliphatic carbocycles. The van der Waals surface area contributed by atoms with Gasteiger partial charge in [-0.15, -0.1) is 11.3 Å². The quantitative estimate of drug-likeness (QED) is 0.821. The first-order valence-corrected chi connectivity index (χ1v) is 8.32. The average molecular weight is 338 g/mol. The Morgan fingerprint density at radius 1 is 1.11 bits per heavy atom. The molecule has 1 nitrogen and oxygen atoms in total. The Labute approximate surface area is 128 Å². The Balaban J connectivity index is 2.02. The van der Waals surface area contributed by atoms with Crippen molar-refractivity contribution in [2.75, 3.05) is 7.05 Å². The highest BCUT2D eigenvalue weighted by Crippen LogP contribution is 2.22. The first-order chi connectivity index (χ1) is 9.22. The van der Waals surface area contributed by atoms with E-state index in [4.69, 9.17) is 0 Å². The summed E-state index contributed by atoms with van der Waals surface area (Å²) in [6.45, 7) is 2.21. The predicted octanol–water partition coefficient (Wildman–Crippen LogP) is 4.45. The Bertz CT molecular complexity index is 521. The molecule has 0 aliphatic heterocycles. The highest BCUT2D eigenvalue weighted by Gasteiger charge is 2.11. The SMILES string of the molecule is CCc1ccc(CC(Cc2ccccc2Br)NC)s1. The summed E-state index contributed by atoms with van der Waals surface area (Å²) in [5, 5.41) is 3.44. The minimum absolute atomic E-state index is 0.488. The molecule has 1 aromatic heterocycles. The fourth-order valence-electron chi connectivity index (χ4n) is 2.17. The summed E-state index contributed by atoms with van der Waals surface area (Å²) in [7, 11) is 2.05. The molecule has 102 valence electrons. The number of thiophene rings is 1. The monoisotopic (exact) mass is 337 g/mol. The maximum absolute atomic E-state index is 3.63. The lowest BCUT2D eigenvalue weighted by atomic mass is 10.0. The minimum atomic E-state index is 0.488. The van der Waals surface area contributed by atoms with Crippen LogP contribution in [0.5, 0.6) is 0 Å². The van der Waals surface area contributed by atoms with Crippen molar-refractivity contribution in [2.45, 2.75) is 32.2 Å². The Hall–Kier alpha value is -0.640. The molecular formula is C16H20BrNS. The second kappa shape index (κ2) is 7.22. The van der Waals surface area contributed by atoms with Crippen molar-refractivity contribution in [2.24, 2.45) is 0 Å². The molecule has 1 heterocycles. The topological polar surface area (TPSA) is 12.0 Å². The van der Waals surface area contributed by atoms with Crippen LogP contribution in [-0.2, 0) is 19.3 Å². The van der Waals surface area contributed by atoms with E-state index in [1.54, 1.807) is 0 Å². The van der Waals surface area contributed by atoms with Crippen molar-refractivity contribution in [1.29, 1.82) is 0 Å². The summed E-state index contributed by atoms with van der Waals surface area (Å²) in [4.78, 5) is 2.95. The van der Waals surface area contributed by atoms with Gasteiger partial charge in [0, 0.05) is 20.3 Å². The van der Waals surface area contributed by atoms with Gasteiger partial charge in [-0.3, -0.25) is 0 Å². The van der Waals surface area contributed by atoms with Gasteiger partial charge in [0.1, 0.15) is 0 Å². The zero-order chi connectivity index (χ0) is 13.7. The van der Waals surface area contributed by atoms with Gasteiger partial charge in [-0.25, -0.2) is 0 Å². The largest absolute Gasteiger partial charge is 0.316 e. The molecule has 3 heteroatoms. The lowest BCUT2D eigenvalue weighted by Gasteiger charge is -2.16. The molecule has 0 aliphatic rings. The average Bonchev–Trinajstić information content (AvgIpc) is 2.88. The molecule has 1 unspecified atom stereocenters. The summed E-state index contributed by atoms with van der Waals surface area (Å²) < 4.78 is 1.20. The van der Waals surface area contributed by atoms with Gasteiger partial charge < -0.3 is 5.32 Å². The summed E-state index contributed by atoms with van der Waals surface area (Å²) in [6, 6.07) is 13.5. The molecule has 1 atom stereocenters. The summed E-state index contributed by atoms with van der Waals surface area (Å²) >= 11 is 5.57. The van der Waals surface area contributed by atoms with Gasteiger partial charge in [0.25, 0.3) is 0 Å². The first-order valence-electron chi connectivity index (χ1n) is 6.71. The molecule has 19 heavy (non-hydrogen) atoms. The van der Waals surface area contributed by atoms with Gasteiger partial charge in [-0.1, -0.05) is 41.1 Å². The van der Waals surface area contributed by atoms with Crippen LogP contribution in [0.1, 0.15) is 22.2 Å². The maximum atomic E-state index is 3.63. The second-order valence-corrected chi connectivity index (χ2v) is 6.81. The molecule has 0 bridgehead atoms. The van der Waals surface area contributed by atoms with Crippen molar-refractivity contribution in [3.63, 3.8) is 0 Å². The summed E-state index contributed by atoms with van der Waals surface area (Å²) in [5.41, 5.74) is 1.37. The number of aryl methyl sites for hydroxylation is 1. The molecule has 1 N–H and O–H groups in total. The maximum Gasteiger partial charge on any atom is 0.0207 e. The fourth-order valence-corrected chi connectivity index (χ4v) is 3.66. The molecule has 2 aromatic rings. The molecule has 0 fully saturated rings. The minimum Gasteiger partial charge on any atom is -0.316 e. The zero-order valence-corrected chi connectivity index (χ0v) is 13.9. The van der Waals surface area contributed by atoms with Gasteiger partial charge >= 0.3 is 0 Å². The molecule has 1 aromatic carbocycles. The van der Waals surface area contributed by atoms with Crippen molar-refractivity contribution < 1.29 is 0 Å². The van der Waals surface area contributed by atoms with Crippen LogP contribution in [0.15, 0.2) is 40.9 Å². The van der Waals surface area contributed by atoms with Crippen LogP contribution < -0.4 is 5.32 Å². The third kappa shape index (κ3) is 4.16. The Morgan fingerprint density at radius 2 is 1.84 bits per heavy atom. The molecular weight excluding hydrogens is 318 g/mol. The van der Waals surface area contributed by atoms with E-state index in [-0.39, 0.29) is 0 Å². The van der Waals surface area contributed by atoms with E-state index in [2.05, 4.69) is 71.6 Å². The summed E-state index contributed by atoms with van der Waals surface area (Å²) in [5.74, 6) is 0. The number of hydrogen-bond acceptors (Lipinski definition) is 2. The van der Waals surface area contributed by atoms with Crippen LogP contribution in [0.3, 0.4) is 0 Å². The zero-order valence-electron chi connectivity index (χ0n) is 11.4. The summed E-state index contributed by atoms with van der Waals surface area (Å²) in [6.07, 6.45) is 3.29. The van der Waals surface area contributed by atoms with Crippen LogP contribution in [0.25, 0.3) is 0 Å². The van der Waals surface area contributed by atoms with E-state index in [0.717, 1.165) is 19.3 Å². The van der Waals surface area contributed by atoms with E-state index in [1.165, 1.54) is 19.8 Å². The van der Waals surface area contributed by atoms with Gasteiger partial charge in [0.05, 0.1) is 0 Å². The van der Waals surface area contributed by atoms with Gasteiger partial charge in [-0.05, 0) is 50.1 Å². The molecule has 0 spiro atoms. The lowest BCUT2D eigenvalue weighted by molar-refractivity contribution is 0.559. The van der Waals surface area contributed by atoms with Crippen LogP contribution in [0.4, 0.5) is 0 Å². The number of likely N-dealkylation sites (N-methyl/N-ethyl adjacent to an activating group) is 1. The van der Waals surface area contributed by atoms with Gasteiger partial charge in [0.2, 0.25) is 0 Å². The third-order valence-corrected chi connectivity index (χ3v) is 5.37. The van der Waals surface area contributed by atoms with Crippen LogP contribution in [0, 0.1) is 0 Å². The van der Waals surface area contributed by atoms with Crippen molar-refractivity contribution >= 4 is 27.3 Å². The van der Waals surface area contributed by atoms with Gasteiger partial charge in [0.15, 0.2) is 0 Å². The van der Waals surface area contributed by atoms with Gasteiger partial charge in [-0.2, -0.15) is 0 Å². The second-order valence-electron chi connectivity index (χ2n) is 4.71. The van der Waals surface area contributed by atoms with Crippen molar-refractivity contribution in [3.05, 3.63) is 56.2 Å². The van der Waals surface area contributed by atoms with Crippen LogP contribution >= 0.6 is 27.3 Å². The first kappa shape index (κ1) is 14.8.